The van der Waals surface area contributed by atoms with Crippen molar-refractivity contribution in [2.45, 2.75) is 32.0 Å². The number of nitrogens with two attached hydrogens (primary N) is 1. The van der Waals surface area contributed by atoms with Gasteiger partial charge in [0.25, 0.3) is 0 Å². The van der Waals surface area contributed by atoms with Crippen molar-refractivity contribution < 1.29 is 18.9 Å². The van der Waals surface area contributed by atoms with Crippen LogP contribution in [0.4, 0.5) is 0 Å². The topological polar surface area (TPSA) is 90.6 Å². The lowest BCUT2D eigenvalue weighted by Gasteiger charge is -2.42. The average Bonchev–Trinajstić information content (AvgIpc) is 3.37. The Kier molecular flexibility index (Phi) is 6.73. The molecule has 1 atom stereocenters. The minimum absolute atomic E-state index is 0.104. The molecule has 196 valence electrons. The summed E-state index contributed by atoms with van der Waals surface area (Å²) in [6.07, 6.45) is 3.45. The van der Waals surface area contributed by atoms with Crippen LogP contribution in [0.25, 0.3) is 0 Å². The summed E-state index contributed by atoms with van der Waals surface area (Å²) in [5, 5.41) is 5.03. The Labute approximate surface area is 231 Å². The molecule has 0 bridgehead atoms. The number of hydrogen-bond acceptors (Lipinski definition) is 7. The molecule has 3 aromatic carbocycles. The number of hydrogen-bond donors (Lipinski definition) is 2. The van der Waals surface area contributed by atoms with Gasteiger partial charge in [-0.25, -0.2) is 0 Å². The van der Waals surface area contributed by atoms with Gasteiger partial charge in [-0.3, -0.25) is 10.3 Å². The van der Waals surface area contributed by atoms with Crippen LogP contribution in [0.5, 0.6) is 23.0 Å². The molecule has 3 N–H and O–H groups in total. The van der Waals surface area contributed by atoms with Crippen molar-refractivity contribution in [3.63, 3.8) is 0 Å². The second kappa shape index (κ2) is 10.3. The van der Waals surface area contributed by atoms with E-state index in [1.165, 1.54) is 11.1 Å². The van der Waals surface area contributed by atoms with Crippen LogP contribution in [0, 0.1) is 0 Å². The third-order valence-electron chi connectivity index (χ3n) is 7.23. The lowest BCUT2D eigenvalue weighted by Crippen LogP contribution is -2.40. The largest absolute Gasteiger partial charge is 0.493 e. The second-order valence-electron chi connectivity index (χ2n) is 9.45. The standard InChI is InChI=1S/C28H27ClN4O4S/c1-34-26-9-18(12-31-32-28(30)38)20-10-23-21-11-25-24(36-15-37-25)8-17(21)5-6-33(23)13-22(20)27(26)35-14-16-3-2-4-19(29)7-16/h2-4,7-9,11-12,23H,5-6,10,13-15H2,1H3,(H3,30,32,38)/b31-12+. The predicted molar refractivity (Wildman–Crippen MR) is 149 cm³/mol. The number of nitrogens with one attached hydrogen (secondary N) is 1. The molecule has 0 spiro atoms. The first-order chi connectivity index (χ1) is 18.5. The average molecular weight is 551 g/mol. The molecule has 0 amide bonds. The Morgan fingerprint density at radius 2 is 2.08 bits per heavy atom. The summed E-state index contributed by atoms with van der Waals surface area (Å²) in [6, 6.07) is 14.1. The van der Waals surface area contributed by atoms with Gasteiger partial charge in [-0.05, 0) is 77.6 Å². The first kappa shape index (κ1) is 24.8. The molecule has 3 aromatic rings. The van der Waals surface area contributed by atoms with Gasteiger partial charge in [0.15, 0.2) is 28.1 Å². The van der Waals surface area contributed by atoms with Gasteiger partial charge in [-0.15, -0.1) is 0 Å². The molecule has 0 radical (unpaired) electrons. The summed E-state index contributed by atoms with van der Waals surface area (Å²) in [5.74, 6) is 3.00. The van der Waals surface area contributed by atoms with Crippen molar-refractivity contribution in [2.75, 3.05) is 20.4 Å². The molecular weight excluding hydrogens is 524 g/mol. The van der Waals surface area contributed by atoms with Crippen molar-refractivity contribution >= 4 is 35.1 Å². The number of ether oxygens (including phenoxy) is 4. The van der Waals surface area contributed by atoms with E-state index in [9.17, 15) is 0 Å². The number of nitrogens with zero attached hydrogens (tertiary/aromatic N) is 2. The molecule has 38 heavy (non-hydrogen) atoms. The highest BCUT2D eigenvalue weighted by atomic mass is 35.5. The third kappa shape index (κ3) is 4.73. The fourth-order valence-corrected chi connectivity index (χ4v) is 5.77. The van der Waals surface area contributed by atoms with Crippen molar-refractivity contribution in [1.29, 1.82) is 0 Å². The zero-order valence-electron chi connectivity index (χ0n) is 20.8. The van der Waals surface area contributed by atoms with Gasteiger partial charge < -0.3 is 24.7 Å². The summed E-state index contributed by atoms with van der Waals surface area (Å²) in [4.78, 5) is 2.49. The van der Waals surface area contributed by atoms with Crippen molar-refractivity contribution in [2.24, 2.45) is 10.8 Å². The van der Waals surface area contributed by atoms with E-state index in [0.29, 0.717) is 23.9 Å². The van der Waals surface area contributed by atoms with E-state index in [-0.39, 0.29) is 17.9 Å². The molecule has 3 heterocycles. The minimum atomic E-state index is 0.104. The number of methoxy groups -OCH3 is 1. The molecule has 1 unspecified atom stereocenters. The lowest BCUT2D eigenvalue weighted by atomic mass is 9.82. The molecule has 0 saturated heterocycles. The van der Waals surface area contributed by atoms with E-state index in [4.69, 9.17) is 48.5 Å². The van der Waals surface area contributed by atoms with E-state index < -0.39 is 0 Å². The number of halogens is 1. The Hall–Kier alpha value is -3.53. The van der Waals surface area contributed by atoms with Crippen molar-refractivity contribution in [3.8, 4) is 23.0 Å². The molecule has 10 heteroatoms. The van der Waals surface area contributed by atoms with Crippen LogP contribution < -0.4 is 30.1 Å². The normalized spacial score (nSPS) is 17.5. The van der Waals surface area contributed by atoms with Crippen LogP contribution in [-0.4, -0.2) is 36.7 Å². The minimum Gasteiger partial charge on any atom is -0.493 e. The molecule has 6 rings (SSSR count). The Bertz CT molecular complexity index is 1450. The number of thiocarbonyl (C=S) groups is 1. The van der Waals surface area contributed by atoms with Gasteiger partial charge in [-0.2, -0.15) is 5.10 Å². The fourth-order valence-electron chi connectivity index (χ4n) is 5.50. The summed E-state index contributed by atoms with van der Waals surface area (Å²) in [6.45, 7) is 2.27. The summed E-state index contributed by atoms with van der Waals surface area (Å²) < 4.78 is 23.6. The summed E-state index contributed by atoms with van der Waals surface area (Å²) in [7, 11) is 1.65. The van der Waals surface area contributed by atoms with Crippen LogP contribution in [0.2, 0.25) is 5.02 Å². The van der Waals surface area contributed by atoms with E-state index in [0.717, 1.165) is 58.9 Å². The Morgan fingerprint density at radius 1 is 1.24 bits per heavy atom. The van der Waals surface area contributed by atoms with Gasteiger partial charge in [0.05, 0.1) is 13.3 Å². The van der Waals surface area contributed by atoms with Crippen molar-refractivity contribution in [1.82, 2.24) is 10.3 Å². The van der Waals surface area contributed by atoms with E-state index in [2.05, 4.69) is 27.6 Å². The van der Waals surface area contributed by atoms with Crippen LogP contribution >= 0.6 is 23.8 Å². The molecule has 3 aliphatic rings. The first-order valence-corrected chi connectivity index (χ1v) is 13.1. The fraction of sp³-hybridized carbons (Fsp3) is 0.286. The van der Waals surface area contributed by atoms with Gasteiger partial charge in [-0.1, -0.05) is 23.7 Å². The first-order valence-electron chi connectivity index (χ1n) is 12.3. The molecule has 0 fully saturated rings. The maximum Gasteiger partial charge on any atom is 0.231 e. The third-order valence-corrected chi connectivity index (χ3v) is 7.56. The maximum atomic E-state index is 6.43. The van der Waals surface area contributed by atoms with Crippen LogP contribution in [0.15, 0.2) is 47.6 Å². The zero-order chi connectivity index (χ0) is 26.2. The van der Waals surface area contributed by atoms with Gasteiger partial charge in [0.2, 0.25) is 6.79 Å². The van der Waals surface area contributed by atoms with Gasteiger partial charge in [0, 0.05) is 35.3 Å². The zero-order valence-corrected chi connectivity index (χ0v) is 22.4. The smallest absolute Gasteiger partial charge is 0.231 e. The quantitative estimate of drug-likeness (QED) is 0.264. The maximum absolute atomic E-state index is 6.43. The highest BCUT2D eigenvalue weighted by molar-refractivity contribution is 7.80. The summed E-state index contributed by atoms with van der Waals surface area (Å²) >= 11 is 11.1. The Balaban J connectivity index is 1.41. The number of hydrazone groups is 1. The molecule has 0 aliphatic carbocycles. The van der Waals surface area contributed by atoms with Gasteiger partial charge >= 0.3 is 0 Å². The van der Waals surface area contributed by atoms with E-state index >= 15 is 0 Å². The molecule has 0 saturated carbocycles. The monoisotopic (exact) mass is 550 g/mol. The van der Waals surface area contributed by atoms with E-state index in [1.54, 1.807) is 13.3 Å². The second-order valence-corrected chi connectivity index (χ2v) is 10.3. The van der Waals surface area contributed by atoms with E-state index in [1.807, 2.05) is 30.3 Å². The van der Waals surface area contributed by atoms with Crippen LogP contribution in [-0.2, 0) is 26.0 Å². The molecular formula is C28H27ClN4O4S. The number of benzene rings is 3. The highest BCUT2D eigenvalue weighted by Crippen LogP contribution is 2.47. The highest BCUT2D eigenvalue weighted by Gasteiger charge is 2.37. The van der Waals surface area contributed by atoms with Crippen LogP contribution in [0.1, 0.15) is 39.4 Å². The molecule has 8 nitrogen and oxygen atoms in total. The number of rotatable bonds is 6. The summed E-state index contributed by atoms with van der Waals surface area (Å²) in [5.41, 5.74) is 15.0. The predicted octanol–water partition coefficient (Wildman–Crippen LogP) is 4.48. The molecule has 0 aromatic heterocycles. The van der Waals surface area contributed by atoms with Gasteiger partial charge in [0.1, 0.15) is 6.61 Å². The number of fused-ring (bicyclic) bond motifs is 5. The van der Waals surface area contributed by atoms with Crippen LogP contribution in [0.3, 0.4) is 0 Å². The Morgan fingerprint density at radius 3 is 2.87 bits per heavy atom. The SMILES string of the molecule is COc1cc(/C=N/NC(N)=S)c2c(c1OCc1cccc(Cl)c1)CN1CCc3cc4c(cc3C1C2)OCO4. The molecule has 3 aliphatic heterocycles. The lowest BCUT2D eigenvalue weighted by molar-refractivity contribution is 0.155. The van der Waals surface area contributed by atoms with Crippen molar-refractivity contribution in [3.05, 3.63) is 80.9 Å².